The predicted molar refractivity (Wildman–Crippen MR) is 81.5 cm³/mol. The van der Waals surface area contributed by atoms with Crippen LogP contribution < -0.4 is 10.9 Å². The van der Waals surface area contributed by atoms with E-state index in [9.17, 15) is 4.79 Å². The largest absolute Gasteiger partial charge is 0.382 e. The van der Waals surface area contributed by atoms with E-state index in [2.05, 4.69) is 38.3 Å². The molecule has 0 fully saturated rings. The molecule has 0 aliphatic carbocycles. The Morgan fingerprint density at radius 1 is 1.58 bits per heavy atom. The molecule has 4 nitrogen and oxygen atoms in total. The number of rotatable bonds is 5. The van der Waals surface area contributed by atoms with Crippen molar-refractivity contribution in [1.29, 1.82) is 0 Å². The minimum Gasteiger partial charge on any atom is -0.382 e. The van der Waals surface area contributed by atoms with Gasteiger partial charge in [-0.2, -0.15) is 5.10 Å². The standard InChI is InChI=1S/C13H12BrN3OS/c1-2-7-17-13(18)12(14)11(9-16-17)15-6-5-10-4-3-8-19-10/h1,3-4,8-9,15H,5-7H2. The number of hydrogen-bond donors (Lipinski definition) is 1. The number of nitrogens with one attached hydrogen (secondary N) is 1. The Morgan fingerprint density at radius 3 is 3.11 bits per heavy atom. The van der Waals surface area contributed by atoms with Crippen LogP contribution in [0.15, 0.2) is 33.0 Å². The Labute approximate surface area is 123 Å². The quantitative estimate of drug-likeness (QED) is 0.852. The summed E-state index contributed by atoms with van der Waals surface area (Å²) in [5.74, 6) is 2.39. The minimum absolute atomic E-state index is 0.174. The van der Waals surface area contributed by atoms with E-state index < -0.39 is 0 Å². The summed E-state index contributed by atoms with van der Waals surface area (Å²) >= 11 is 5.00. The van der Waals surface area contributed by atoms with Gasteiger partial charge in [0.15, 0.2) is 0 Å². The van der Waals surface area contributed by atoms with Crippen LogP contribution in [0.5, 0.6) is 0 Å². The molecule has 0 aliphatic rings. The summed E-state index contributed by atoms with van der Waals surface area (Å²) in [4.78, 5) is 13.2. The molecule has 2 heterocycles. The lowest BCUT2D eigenvalue weighted by molar-refractivity contribution is 0.659. The van der Waals surface area contributed by atoms with Crippen LogP contribution in [0.2, 0.25) is 0 Å². The molecule has 1 N–H and O–H groups in total. The van der Waals surface area contributed by atoms with Crippen molar-refractivity contribution in [2.45, 2.75) is 13.0 Å². The Kier molecular flexibility index (Phi) is 4.77. The number of halogens is 1. The van der Waals surface area contributed by atoms with E-state index in [1.807, 2.05) is 11.4 Å². The van der Waals surface area contributed by atoms with E-state index in [0.717, 1.165) is 13.0 Å². The molecule has 2 aromatic rings. The Hall–Kier alpha value is -1.58. The minimum atomic E-state index is -0.223. The maximum atomic E-state index is 11.9. The van der Waals surface area contributed by atoms with Crippen LogP contribution in [0.3, 0.4) is 0 Å². The Balaban J connectivity index is 2.03. The molecule has 0 unspecified atom stereocenters. The number of anilines is 1. The molecule has 0 radical (unpaired) electrons. The van der Waals surface area contributed by atoms with Crippen molar-refractivity contribution in [2.24, 2.45) is 0 Å². The highest BCUT2D eigenvalue weighted by atomic mass is 79.9. The fourth-order valence-corrected chi connectivity index (χ4v) is 2.72. The molecule has 98 valence electrons. The lowest BCUT2D eigenvalue weighted by atomic mass is 10.3. The smallest absolute Gasteiger partial charge is 0.284 e. The normalized spacial score (nSPS) is 10.1. The van der Waals surface area contributed by atoms with Gasteiger partial charge < -0.3 is 5.32 Å². The summed E-state index contributed by atoms with van der Waals surface area (Å²) in [6.45, 7) is 0.923. The number of thiophene rings is 1. The fraction of sp³-hybridized carbons (Fsp3) is 0.231. The first-order chi connectivity index (χ1) is 9.22. The average Bonchev–Trinajstić information content (AvgIpc) is 2.91. The molecule has 0 aliphatic heterocycles. The average molecular weight is 338 g/mol. The van der Waals surface area contributed by atoms with Gasteiger partial charge in [-0.05, 0) is 33.8 Å². The lowest BCUT2D eigenvalue weighted by Crippen LogP contribution is -2.24. The molecular formula is C13H12BrN3OS. The summed E-state index contributed by atoms with van der Waals surface area (Å²) in [7, 11) is 0. The van der Waals surface area contributed by atoms with Gasteiger partial charge in [-0.25, -0.2) is 4.68 Å². The number of nitrogens with zero attached hydrogens (tertiary/aromatic N) is 2. The highest BCUT2D eigenvalue weighted by molar-refractivity contribution is 9.10. The van der Waals surface area contributed by atoms with E-state index in [-0.39, 0.29) is 12.1 Å². The van der Waals surface area contributed by atoms with Crippen LogP contribution >= 0.6 is 27.3 Å². The molecule has 0 spiro atoms. The van der Waals surface area contributed by atoms with Gasteiger partial charge in [0.1, 0.15) is 11.0 Å². The third-order valence-corrected chi connectivity index (χ3v) is 4.20. The molecule has 19 heavy (non-hydrogen) atoms. The van der Waals surface area contributed by atoms with Crippen LogP contribution in [0.1, 0.15) is 4.88 Å². The maximum Gasteiger partial charge on any atom is 0.284 e. The predicted octanol–water partition coefficient (Wildman–Crippen LogP) is 2.36. The first-order valence-electron chi connectivity index (χ1n) is 5.67. The molecule has 0 atom stereocenters. The second kappa shape index (κ2) is 6.55. The molecular weight excluding hydrogens is 326 g/mol. The fourth-order valence-electron chi connectivity index (χ4n) is 1.56. The van der Waals surface area contributed by atoms with Crippen molar-refractivity contribution in [3.8, 4) is 12.3 Å². The van der Waals surface area contributed by atoms with Crippen molar-refractivity contribution >= 4 is 33.0 Å². The van der Waals surface area contributed by atoms with E-state index in [0.29, 0.717) is 10.2 Å². The third kappa shape index (κ3) is 3.46. The van der Waals surface area contributed by atoms with Crippen LogP contribution in [-0.4, -0.2) is 16.3 Å². The first kappa shape index (κ1) is 13.8. The van der Waals surface area contributed by atoms with Crippen LogP contribution in [-0.2, 0) is 13.0 Å². The highest BCUT2D eigenvalue weighted by Gasteiger charge is 2.07. The Morgan fingerprint density at radius 2 is 2.42 bits per heavy atom. The molecule has 2 rings (SSSR count). The van der Waals surface area contributed by atoms with Crippen molar-refractivity contribution in [3.63, 3.8) is 0 Å². The number of hydrogen-bond acceptors (Lipinski definition) is 4. The van der Waals surface area contributed by atoms with E-state index >= 15 is 0 Å². The third-order valence-electron chi connectivity index (χ3n) is 2.49. The van der Waals surface area contributed by atoms with E-state index in [1.54, 1.807) is 17.5 Å². The molecule has 0 saturated carbocycles. The van der Waals surface area contributed by atoms with Crippen LogP contribution in [0, 0.1) is 12.3 Å². The maximum absolute atomic E-state index is 11.9. The van der Waals surface area contributed by atoms with Crippen molar-refractivity contribution in [2.75, 3.05) is 11.9 Å². The molecule has 6 heteroatoms. The SMILES string of the molecule is C#CCn1ncc(NCCc2cccs2)c(Br)c1=O. The topological polar surface area (TPSA) is 46.9 Å². The molecule has 0 aromatic carbocycles. The second-order valence-electron chi connectivity index (χ2n) is 3.80. The zero-order valence-corrected chi connectivity index (χ0v) is 12.5. The lowest BCUT2D eigenvalue weighted by Gasteiger charge is -2.08. The van der Waals surface area contributed by atoms with Gasteiger partial charge in [0.05, 0.1) is 11.9 Å². The van der Waals surface area contributed by atoms with Crippen molar-refractivity contribution in [3.05, 3.63) is 43.4 Å². The van der Waals surface area contributed by atoms with Crippen molar-refractivity contribution < 1.29 is 0 Å². The van der Waals surface area contributed by atoms with Gasteiger partial charge in [0.2, 0.25) is 0 Å². The summed E-state index contributed by atoms with van der Waals surface area (Å²) in [6.07, 6.45) is 7.70. The number of aromatic nitrogens is 2. The second-order valence-corrected chi connectivity index (χ2v) is 5.62. The van der Waals surface area contributed by atoms with Crippen molar-refractivity contribution in [1.82, 2.24) is 9.78 Å². The Bertz CT molecular complexity index is 643. The molecule has 0 bridgehead atoms. The highest BCUT2D eigenvalue weighted by Crippen LogP contribution is 2.16. The van der Waals surface area contributed by atoms with Gasteiger partial charge >= 0.3 is 0 Å². The van der Waals surface area contributed by atoms with Gasteiger partial charge in [-0.3, -0.25) is 4.79 Å². The van der Waals surface area contributed by atoms with E-state index in [1.165, 1.54) is 9.56 Å². The first-order valence-corrected chi connectivity index (χ1v) is 7.35. The summed E-state index contributed by atoms with van der Waals surface area (Å²) in [6, 6.07) is 4.11. The summed E-state index contributed by atoms with van der Waals surface area (Å²) < 4.78 is 1.71. The van der Waals surface area contributed by atoms with Crippen LogP contribution in [0.4, 0.5) is 5.69 Å². The molecule has 0 saturated heterocycles. The molecule has 2 aromatic heterocycles. The summed E-state index contributed by atoms with van der Waals surface area (Å²) in [5, 5.41) is 9.26. The van der Waals surface area contributed by atoms with Gasteiger partial charge in [-0.15, -0.1) is 17.8 Å². The molecule has 0 amide bonds. The zero-order chi connectivity index (χ0) is 13.7. The van der Waals surface area contributed by atoms with Crippen LogP contribution in [0.25, 0.3) is 0 Å². The number of terminal acetylenes is 1. The summed E-state index contributed by atoms with van der Waals surface area (Å²) in [5.41, 5.74) is 0.467. The van der Waals surface area contributed by atoms with Gasteiger partial charge in [0.25, 0.3) is 5.56 Å². The monoisotopic (exact) mass is 337 g/mol. The van der Waals surface area contributed by atoms with Gasteiger partial charge in [0, 0.05) is 11.4 Å². The zero-order valence-electron chi connectivity index (χ0n) is 10.1. The van der Waals surface area contributed by atoms with E-state index in [4.69, 9.17) is 6.42 Å². The van der Waals surface area contributed by atoms with Gasteiger partial charge in [-0.1, -0.05) is 12.0 Å².